The number of carbonyl (C=O) groups excluding carboxylic acids is 1. The average Bonchev–Trinajstić information content (AvgIpc) is 2.84. The first kappa shape index (κ1) is 22.1. The number of nitrogens with one attached hydrogen (secondary N) is 2. The van der Waals surface area contributed by atoms with E-state index in [0.717, 1.165) is 0 Å². The number of ether oxygens (including phenoxy) is 2. The fraction of sp³-hybridized carbons (Fsp3) is 0.0833. The molecule has 33 heavy (non-hydrogen) atoms. The van der Waals surface area contributed by atoms with E-state index in [-0.39, 0.29) is 16.1 Å². The van der Waals surface area contributed by atoms with Gasteiger partial charge in [-0.15, -0.1) is 0 Å². The van der Waals surface area contributed by atoms with Crippen LogP contribution in [0, 0.1) is 0 Å². The molecule has 4 rings (SSSR count). The van der Waals surface area contributed by atoms with Crippen molar-refractivity contribution < 1.29 is 22.7 Å². The van der Waals surface area contributed by atoms with Gasteiger partial charge < -0.3 is 14.8 Å². The standard InChI is InChI=1S/C24H21N3O5S/c1-31-16-12-13-21(22(15-16)32-2)26-24(28)18-7-3-4-9-20(18)27-33(29,30)23-11-5-10-19-17(23)8-6-14-25-19/h3-15,27H,1-2H3,(H,26,28). The molecule has 0 unspecified atom stereocenters. The summed E-state index contributed by atoms with van der Waals surface area (Å²) in [4.78, 5) is 17.3. The fourth-order valence-electron chi connectivity index (χ4n) is 3.37. The quantitative estimate of drug-likeness (QED) is 0.423. The molecule has 0 spiro atoms. The second kappa shape index (κ2) is 9.17. The molecule has 168 valence electrons. The summed E-state index contributed by atoms with van der Waals surface area (Å²) < 4.78 is 39.5. The van der Waals surface area contributed by atoms with Crippen LogP contribution in [0.25, 0.3) is 10.9 Å². The maximum atomic E-state index is 13.2. The van der Waals surface area contributed by atoms with Crippen LogP contribution in [0.3, 0.4) is 0 Å². The minimum atomic E-state index is -4.00. The molecular formula is C24H21N3O5S. The molecule has 3 aromatic carbocycles. The van der Waals surface area contributed by atoms with E-state index in [1.807, 2.05) is 0 Å². The second-order valence-electron chi connectivity index (χ2n) is 7.00. The maximum absolute atomic E-state index is 13.2. The summed E-state index contributed by atoms with van der Waals surface area (Å²) in [6.45, 7) is 0. The molecule has 0 aliphatic rings. The maximum Gasteiger partial charge on any atom is 0.262 e. The smallest absolute Gasteiger partial charge is 0.262 e. The number of nitrogens with zero attached hydrogens (tertiary/aromatic N) is 1. The lowest BCUT2D eigenvalue weighted by molar-refractivity contribution is 0.102. The third kappa shape index (κ3) is 4.58. The molecule has 0 aliphatic heterocycles. The Morgan fingerprint density at radius 1 is 0.879 bits per heavy atom. The minimum absolute atomic E-state index is 0.0696. The number of methoxy groups -OCH3 is 2. The van der Waals surface area contributed by atoms with E-state index < -0.39 is 15.9 Å². The van der Waals surface area contributed by atoms with Gasteiger partial charge in [0, 0.05) is 17.6 Å². The van der Waals surface area contributed by atoms with Crippen LogP contribution in [0.4, 0.5) is 11.4 Å². The van der Waals surface area contributed by atoms with Crippen LogP contribution < -0.4 is 19.5 Å². The van der Waals surface area contributed by atoms with Crippen LogP contribution in [0.5, 0.6) is 11.5 Å². The van der Waals surface area contributed by atoms with Gasteiger partial charge in [-0.2, -0.15) is 0 Å². The zero-order chi connectivity index (χ0) is 23.4. The number of carbonyl (C=O) groups is 1. The lowest BCUT2D eigenvalue weighted by atomic mass is 10.1. The predicted octanol–water partition coefficient (Wildman–Crippen LogP) is 4.31. The zero-order valence-corrected chi connectivity index (χ0v) is 18.7. The summed E-state index contributed by atoms with van der Waals surface area (Å²) in [6.07, 6.45) is 1.60. The molecular weight excluding hydrogens is 442 g/mol. The average molecular weight is 464 g/mol. The third-order valence-corrected chi connectivity index (χ3v) is 6.39. The van der Waals surface area contributed by atoms with Crippen LogP contribution in [0.2, 0.25) is 0 Å². The Balaban J connectivity index is 1.66. The molecule has 0 saturated heterocycles. The van der Waals surface area contributed by atoms with Gasteiger partial charge >= 0.3 is 0 Å². The molecule has 0 saturated carbocycles. The van der Waals surface area contributed by atoms with Crippen molar-refractivity contribution in [1.82, 2.24) is 4.98 Å². The van der Waals surface area contributed by atoms with Crippen LogP contribution in [-0.4, -0.2) is 33.5 Å². The third-order valence-electron chi connectivity index (χ3n) is 4.97. The van der Waals surface area contributed by atoms with Crippen molar-refractivity contribution >= 4 is 38.2 Å². The number of aromatic nitrogens is 1. The van der Waals surface area contributed by atoms with E-state index >= 15 is 0 Å². The van der Waals surface area contributed by atoms with Gasteiger partial charge in [0.15, 0.2) is 0 Å². The molecule has 0 aliphatic carbocycles. The van der Waals surface area contributed by atoms with Gasteiger partial charge in [0.1, 0.15) is 11.5 Å². The van der Waals surface area contributed by atoms with Gasteiger partial charge in [-0.05, 0) is 48.5 Å². The number of hydrogen-bond acceptors (Lipinski definition) is 6. The van der Waals surface area contributed by atoms with E-state index in [2.05, 4.69) is 15.0 Å². The Morgan fingerprint density at radius 2 is 1.70 bits per heavy atom. The Labute approximate surface area is 191 Å². The number of fused-ring (bicyclic) bond motifs is 1. The van der Waals surface area contributed by atoms with Gasteiger partial charge in [-0.1, -0.05) is 18.2 Å². The molecule has 1 heterocycles. The highest BCUT2D eigenvalue weighted by molar-refractivity contribution is 7.93. The number of para-hydroxylation sites is 1. The second-order valence-corrected chi connectivity index (χ2v) is 8.65. The number of amides is 1. The Kier molecular flexibility index (Phi) is 6.14. The van der Waals surface area contributed by atoms with Gasteiger partial charge in [0.2, 0.25) is 0 Å². The summed E-state index contributed by atoms with van der Waals surface area (Å²) in [6, 6.07) is 19.5. The van der Waals surface area contributed by atoms with Gasteiger partial charge in [-0.3, -0.25) is 14.5 Å². The monoisotopic (exact) mass is 463 g/mol. The number of hydrogen-bond donors (Lipinski definition) is 2. The first-order chi connectivity index (χ1) is 15.9. The van der Waals surface area contributed by atoms with Crippen LogP contribution in [0.1, 0.15) is 10.4 Å². The van der Waals surface area contributed by atoms with Crippen molar-refractivity contribution in [2.24, 2.45) is 0 Å². The predicted molar refractivity (Wildman–Crippen MR) is 126 cm³/mol. The van der Waals surface area contributed by atoms with Crippen LogP contribution >= 0.6 is 0 Å². The lowest BCUT2D eigenvalue weighted by Crippen LogP contribution is -2.19. The summed E-state index contributed by atoms with van der Waals surface area (Å²) in [5.74, 6) is 0.475. The molecule has 8 nitrogen and oxygen atoms in total. The van der Waals surface area contributed by atoms with Crippen molar-refractivity contribution in [2.45, 2.75) is 4.90 Å². The zero-order valence-electron chi connectivity index (χ0n) is 17.9. The number of rotatable bonds is 7. The molecule has 4 aromatic rings. The molecule has 9 heteroatoms. The number of benzene rings is 3. The van der Waals surface area contributed by atoms with Crippen molar-refractivity contribution in [3.63, 3.8) is 0 Å². The number of anilines is 2. The van der Waals surface area contributed by atoms with Gasteiger partial charge in [-0.25, -0.2) is 8.42 Å². The Bertz CT molecular complexity index is 1430. The number of sulfonamides is 1. The van der Waals surface area contributed by atoms with Gasteiger partial charge in [0.05, 0.1) is 41.6 Å². The first-order valence-corrected chi connectivity index (χ1v) is 11.4. The van der Waals surface area contributed by atoms with Crippen molar-refractivity contribution in [1.29, 1.82) is 0 Å². The highest BCUT2D eigenvalue weighted by atomic mass is 32.2. The topological polar surface area (TPSA) is 107 Å². The molecule has 1 amide bonds. The van der Waals surface area contributed by atoms with Crippen LogP contribution in [0.15, 0.2) is 83.9 Å². The summed E-state index contributed by atoms with van der Waals surface area (Å²) in [5.41, 5.74) is 1.26. The SMILES string of the molecule is COc1ccc(NC(=O)c2ccccc2NS(=O)(=O)c2cccc3ncccc23)c(OC)c1. The molecule has 0 atom stereocenters. The minimum Gasteiger partial charge on any atom is -0.497 e. The summed E-state index contributed by atoms with van der Waals surface area (Å²) in [7, 11) is -0.995. The van der Waals surface area contributed by atoms with E-state index in [1.54, 1.807) is 60.8 Å². The Morgan fingerprint density at radius 3 is 2.48 bits per heavy atom. The Hall–Kier alpha value is -4.11. The molecule has 0 fully saturated rings. The highest BCUT2D eigenvalue weighted by Crippen LogP contribution is 2.30. The molecule has 1 aromatic heterocycles. The summed E-state index contributed by atoms with van der Waals surface area (Å²) in [5, 5.41) is 3.24. The van der Waals surface area contributed by atoms with Crippen LogP contribution in [-0.2, 0) is 10.0 Å². The first-order valence-electron chi connectivity index (χ1n) is 9.92. The van der Waals surface area contributed by atoms with Crippen molar-refractivity contribution in [2.75, 3.05) is 24.3 Å². The van der Waals surface area contributed by atoms with E-state index in [9.17, 15) is 13.2 Å². The highest BCUT2D eigenvalue weighted by Gasteiger charge is 2.21. The summed E-state index contributed by atoms with van der Waals surface area (Å²) >= 11 is 0. The largest absolute Gasteiger partial charge is 0.497 e. The van der Waals surface area contributed by atoms with E-state index in [4.69, 9.17) is 9.47 Å². The molecule has 0 bridgehead atoms. The lowest BCUT2D eigenvalue weighted by Gasteiger charge is -2.15. The van der Waals surface area contributed by atoms with Crippen molar-refractivity contribution in [3.8, 4) is 11.5 Å². The van der Waals surface area contributed by atoms with E-state index in [0.29, 0.717) is 28.1 Å². The van der Waals surface area contributed by atoms with E-state index in [1.165, 1.54) is 32.4 Å². The van der Waals surface area contributed by atoms with Crippen molar-refractivity contribution in [3.05, 3.63) is 84.6 Å². The van der Waals surface area contributed by atoms with Gasteiger partial charge in [0.25, 0.3) is 15.9 Å². The number of pyridine rings is 1. The molecule has 2 N–H and O–H groups in total. The normalized spacial score (nSPS) is 11.1. The fourth-order valence-corrected chi connectivity index (χ4v) is 4.67. The molecule has 0 radical (unpaired) electrons.